The van der Waals surface area contributed by atoms with Crippen molar-refractivity contribution in [2.24, 2.45) is 0 Å². The van der Waals surface area contributed by atoms with Crippen LogP contribution in [0.3, 0.4) is 0 Å². The molecule has 0 aromatic carbocycles. The van der Waals surface area contributed by atoms with Crippen LogP contribution >= 0.6 is 0 Å². The first-order chi connectivity index (χ1) is 4.90. The van der Waals surface area contributed by atoms with Crippen LogP contribution in [-0.4, -0.2) is 11.5 Å². The lowest BCUT2D eigenvalue weighted by Gasteiger charge is -1.89. The molecule has 0 radical (unpaired) electrons. The van der Waals surface area contributed by atoms with E-state index in [2.05, 4.69) is 10.3 Å². The predicted octanol–water partition coefficient (Wildman–Crippen LogP) is 1.20. The zero-order chi connectivity index (χ0) is 6.97. The summed E-state index contributed by atoms with van der Waals surface area (Å²) in [6.07, 6.45) is 1.90. The molecule has 1 N–H and O–H groups in total. The van der Waals surface area contributed by atoms with E-state index < -0.39 is 0 Å². The molecule has 0 unspecified atom stereocenters. The van der Waals surface area contributed by atoms with Crippen molar-refractivity contribution >= 4 is 5.88 Å². The molecule has 1 aliphatic rings. The molecular weight excluding hydrogens is 128 g/mol. The standard InChI is InChI=1S/C7H10N2O/c1-2-6-9-5-3-4-8-7(5)10-6/h8H,2-4H2,1H3. The number of hydrogen-bond donors (Lipinski definition) is 1. The number of hydrogen-bond acceptors (Lipinski definition) is 3. The molecule has 1 aromatic heterocycles. The summed E-state index contributed by atoms with van der Waals surface area (Å²) in [4.78, 5) is 4.28. The molecule has 1 aromatic rings. The highest BCUT2D eigenvalue weighted by atomic mass is 16.4. The number of aromatic nitrogens is 1. The van der Waals surface area contributed by atoms with E-state index in [1.807, 2.05) is 6.92 Å². The minimum Gasteiger partial charge on any atom is -0.425 e. The Morgan fingerprint density at radius 3 is 3.30 bits per heavy atom. The van der Waals surface area contributed by atoms with Gasteiger partial charge in [-0.2, -0.15) is 0 Å². The Kier molecular flexibility index (Phi) is 1.16. The maximum atomic E-state index is 5.35. The number of rotatable bonds is 1. The van der Waals surface area contributed by atoms with Crippen LogP contribution in [0.1, 0.15) is 18.5 Å². The maximum Gasteiger partial charge on any atom is 0.217 e. The topological polar surface area (TPSA) is 38.1 Å². The Labute approximate surface area is 59.4 Å². The molecule has 3 nitrogen and oxygen atoms in total. The fourth-order valence-corrected chi connectivity index (χ4v) is 1.15. The average molecular weight is 138 g/mol. The smallest absolute Gasteiger partial charge is 0.217 e. The van der Waals surface area contributed by atoms with Crippen molar-refractivity contribution in [2.75, 3.05) is 11.9 Å². The van der Waals surface area contributed by atoms with Gasteiger partial charge in [-0.3, -0.25) is 0 Å². The summed E-state index contributed by atoms with van der Waals surface area (Å²) in [5.41, 5.74) is 1.09. The molecule has 0 saturated heterocycles. The van der Waals surface area contributed by atoms with Gasteiger partial charge >= 0.3 is 0 Å². The normalized spacial score (nSPS) is 14.9. The molecule has 3 heteroatoms. The van der Waals surface area contributed by atoms with E-state index in [0.717, 1.165) is 36.9 Å². The second kappa shape index (κ2) is 2.01. The Morgan fingerprint density at radius 2 is 2.60 bits per heavy atom. The average Bonchev–Trinajstić information content (AvgIpc) is 2.42. The zero-order valence-corrected chi connectivity index (χ0v) is 5.98. The first-order valence-electron chi connectivity index (χ1n) is 3.62. The predicted molar refractivity (Wildman–Crippen MR) is 38.1 cm³/mol. The highest BCUT2D eigenvalue weighted by molar-refractivity contribution is 5.42. The molecule has 1 aliphatic heterocycles. The third kappa shape index (κ3) is 0.701. The number of oxazole rings is 1. The monoisotopic (exact) mass is 138 g/mol. The highest BCUT2D eigenvalue weighted by Crippen LogP contribution is 2.22. The minimum absolute atomic E-state index is 0.845. The van der Waals surface area contributed by atoms with Gasteiger partial charge < -0.3 is 9.73 Å². The second-order valence-corrected chi connectivity index (χ2v) is 2.41. The van der Waals surface area contributed by atoms with Gasteiger partial charge in [-0.25, -0.2) is 4.98 Å². The van der Waals surface area contributed by atoms with Crippen molar-refractivity contribution < 1.29 is 4.42 Å². The van der Waals surface area contributed by atoms with Gasteiger partial charge in [-0.15, -0.1) is 0 Å². The van der Waals surface area contributed by atoms with Crippen LogP contribution in [0, 0.1) is 0 Å². The van der Waals surface area contributed by atoms with Gasteiger partial charge in [0.2, 0.25) is 5.88 Å². The molecule has 0 fully saturated rings. The third-order valence-electron chi connectivity index (χ3n) is 1.69. The summed E-state index contributed by atoms with van der Waals surface area (Å²) in [5, 5.41) is 3.13. The molecular formula is C7H10N2O. The summed E-state index contributed by atoms with van der Waals surface area (Å²) < 4.78 is 5.35. The van der Waals surface area contributed by atoms with Crippen LogP contribution < -0.4 is 5.32 Å². The van der Waals surface area contributed by atoms with Crippen molar-refractivity contribution in [3.63, 3.8) is 0 Å². The van der Waals surface area contributed by atoms with Gasteiger partial charge in [-0.05, 0) is 0 Å². The van der Waals surface area contributed by atoms with Crippen LogP contribution in [0.5, 0.6) is 0 Å². The third-order valence-corrected chi connectivity index (χ3v) is 1.69. The number of nitrogens with one attached hydrogen (secondary N) is 1. The maximum absolute atomic E-state index is 5.35. The number of fused-ring (bicyclic) bond motifs is 1. The second-order valence-electron chi connectivity index (χ2n) is 2.41. The molecule has 0 aliphatic carbocycles. The molecule has 2 rings (SSSR count). The van der Waals surface area contributed by atoms with Crippen LogP contribution in [0.4, 0.5) is 5.88 Å². The van der Waals surface area contributed by atoms with Crippen molar-refractivity contribution in [2.45, 2.75) is 19.8 Å². The lowest BCUT2D eigenvalue weighted by molar-refractivity contribution is 0.514. The molecule has 0 atom stereocenters. The Morgan fingerprint density at radius 1 is 1.70 bits per heavy atom. The summed E-state index contributed by atoms with van der Waals surface area (Å²) in [7, 11) is 0. The quantitative estimate of drug-likeness (QED) is 0.633. The van der Waals surface area contributed by atoms with Gasteiger partial charge in [0.1, 0.15) is 5.69 Å². The Hall–Kier alpha value is -0.990. The lowest BCUT2D eigenvalue weighted by atomic mass is 10.4. The first kappa shape index (κ1) is 5.77. The molecule has 10 heavy (non-hydrogen) atoms. The Bertz CT molecular complexity index is 220. The minimum atomic E-state index is 0.845. The SMILES string of the molecule is CCc1nc2c(o1)NCC2. The number of nitrogens with zero attached hydrogens (tertiary/aromatic N) is 1. The van der Waals surface area contributed by atoms with Crippen LogP contribution in [0.25, 0.3) is 0 Å². The van der Waals surface area contributed by atoms with Crippen molar-refractivity contribution in [3.05, 3.63) is 11.6 Å². The van der Waals surface area contributed by atoms with Crippen LogP contribution in [0.2, 0.25) is 0 Å². The molecule has 54 valence electrons. The van der Waals surface area contributed by atoms with Gasteiger partial charge in [0, 0.05) is 19.4 Å². The van der Waals surface area contributed by atoms with Crippen LogP contribution in [-0.2, 0) is 12.8 Å². The Balaban J connectivity index is 2.37. The first-order valence-corrected chi connectivity index (χ1v) is 3.62. The summed E-state index contributed by atoms with van der Waals surface area (Å²) in [6.45, 7) is 3.02. The fourth-order valence-electron chi connectivity index (χ4n) is 1.15. The van der Waals surface area contributed by atoms with E-state index in [1.165, 1.54) is 0 Å². The highest BCUT2D eigenvalue weighted by Gasteiger charge is 2.16. The van der Waals surface area contributed by atoms with Crippen molar-refractivity contribution in [1.29, 1.82) is 0 Å². The largest absolute Gasteiger partial charge is 0.425 e. The molecule has 0 spiro atoms. The molecule has 0 amide bonds. The van der Waals surface area contributed by atoms with Crippen molar-refractivity contribution in [1.82, 2.24) is 4.98 Å². The van der Waals surface area contributed by atoms with E-state index >= 15 is 0 Å². The summed E-state index contributed by atoms with van der Waals surface area (Å²) in [6, 6.07) is 0. The molecule has 0 bridgehead atoms. The van der Waals surface area contributed by atoms with E-state index in [-0.39, 0.29) is 0 Å². The fraction of sp³-hybridized carbons (Fsp3) is 0.571. The van der Waals surface area contributed by atoms with E-state index in [4.69, 9.17) is 4.42 Å². The van der Waals surface area contributed by atoms with Crippen LogP contribution in [0.15, 0.2) is 4.42 Å². The van der Waals surface area contributed by atoms with Gasteiger partial charge in [0.05, 0.1) is 0 Å². The molecule has 2 heterocycles. The van der Waals surface area contributed by atoms with Gasteiger partial charge in [0.15, 0.2) is 5.89 Å². The van der Waals surface area contributed by atoms with Gasteiger partial charge in [-0.1, -0.05) is 6.92 Å². The summed E-state index contributed by atoms with van der Waals surface area (Å²) >= 11 is 0. The summed E-state index contributed by atoms with van der Waals surface area (Å²) in [5.74, 6) is 1.73. The lowest BCUT2D eigenvalue weighted by Crippen LogP contribution is -1.93. The van der Waals surface area contributed by atoms with E-state index in [0.29, 0.717) is 0 Å². The number of anilines is 1. The van der Waals surface area contributed by atoms with E-state index in [1.54, 1.807) is 0 Å². The zero-order valence-electron chi connectivity index (χ0n) is 5.98. The molecule has 0 saturated carbocycles. The van der Waals surface area contributed by atoms with Crippen molar-refractivity contribution in [3.8, 4) is 0 Å². The van der Waals surface area contributed by atoms with E-state index in [9.17, 15) is 0 Å². The van der Waals surface area contributed by atoms with Gasteiger partial charge in [0.25, 0.3) is 0 Å². The number of aryl methyl sites for hydroxylation is 1.